The monoisotopic (exact) mass is 335 g/mol. The quantitative estimate of drug-likeness (QED) is 0.703. The Hall–Kier alpha value is -1.83. The number of hydrogen-bond donors (Lipinski definition) is 3. The minimum Gasteiger partial charge on any atom is -0.480 e. The van der Waals surface area contributed by atoms with Crippen LogP contribution in [0.15, 0.2) is 30.5 Å². The summed E-state index contributed by atoms with van der Waals surface area (Å²) in [7, 11) is 0. The van der Waals surface area contributed by atoms with Crippen LogP contribution >= 0.6 is 11.8 Å². The number of hydrogen-bond acceptors (Lipinski definition) is 5. The topological polar surface area (TPSA) is 111 Å². The van der Waals surface area contributed by atoms with Crippen molar-refractivity contribution in [1.29, 1.82) is 0 Å². The van der Waals surface area contributed by atoms with Crippen LogP contribution < -0.4 is 11.5 Å². The Kier molecular flexibility index (Phi) is 5.81. The summed E-state index contributed by atoms with van der Waals surface area (Å²) in [6, 6.07) is 5.77. The first-order chi connectivity index (χ1) is 11.0. The summed E-state index contributed by atoms with van der Waals surface area (Å²) < 4.78 is 1.52. The second kappa shape index (κ2) is 7.63. The highest BCUT2D eigenvalue weighted by atomic mass is 32.2. The smallest absolute Gasteiger partial charge is 0.320 e. The number of carbonyl (C=O) groups is 2. The molecule has 0 unspecified atom stereocenters. The lowest BCUT2D eigenvalue weighted by molar-refractivity contribution is -0.138. The molecule has 1 heterocycles. The van der Waals surface area contributed by atoms with E-state index >= 15 is 0 Å². The molecule has 2 aromatic rings. The number of benzene rings is 1. The highest BCUT2D eigenvalue weighted by Crippen LogP contribution is 2.23. The molecule has 6 nitrogen and oxygen atoms in total. The van der Waals surface area contributed by atoms with Gasteiger partial charge in [0.25, 0.3) is 0 Å². The average Bonchev–Trinajstić information content (AvgIpc) is 2.90. The second-order valence-corrected chi connectivity index (χ2v) is 6.40. The molecule has 2 atom stereocenters. The Balaban J connectivity index is 2.37. The molecule has 0 spiro atoms. The van der Waals surface area contributed by atoms with E-state index in [-0.39, 0.29) is 12.3 Å². The lowest BCUT2D eigenvalue weighted by Gasteiger charge is -2.11. The SMILES string of the molecule is CSCC[C@H](N)C(=O)n1cc(C[C@H](N)C(=O)O)c2ccccc21. The molecule has 1 aromatic carbocycles. The number of rotatable bonds is 7. The van der Waals surface area contributed by atoms with Gasteiger partial charge in [-0.15, -0.1) is 0 Å². The van der Waals surface area contributed by atoms with Crippen molar-refractivity contribution in [2.45, 2.75) is 24.9 Å². The first kappa shape index (κ1) is 17.5. The molecule has 23 heavy (non-hydrogen) atoms. The van der Waals surface area contributed by atoms with Crippen LogP contribution in [0.3, 0.4) is 0 Å². The molecular weight excluding hydrogens is 314 g/mol. The summed E-state index contributed by atoms with van der Waals surface area (Å²) in [5.41, 5.74) is 13.1. The van der Waals surface area contributed by atoms with Gasteiger partial charge in [0.15, 0.2) is 0 Å². The molecule has 0 saturated heterocycles. The van der Waals surface area contributed by atoms with E-state index in [9.17, 15) is 9.59 Å². The molecule has 1 aromatic heterocycles. The summed E-state index contributed by atoms with van der Waals surface area (Å²) in [6.45, 7) is 0. The predicted octanol–water partition coefficient (Wildman–Crippen LogP) is 1.32. The van der Waals surface area contributed by atoms with Gasteiger partial charge in [-0.2, -0.15) is 11.8 Å². The molecule has 5 N–H and O–H groups in total. The summed E-state index contributed by atoms with van der Waals surface area (Å²) in [6.07, 6.45) is 4.38. The Morgan fingerprint density at radius 1 is 1.26 bits per heavy atom. The Bertz CT molecular complexity index is 714. The molecular formula is C16H21N3O3S. The molecule has 124 valence electrons. The second-order valence-electron chi connectivity index (χ2n) is 5.42. The zero-order valence-electron chi connectivity index (χ0n) is 12.9. The molecule has 0 fully saturated rings. The average molecular weight is 335 g/mol. The molecule has 7 heteroatoms. The lowest BCUT2D eigenvalue weighted by Crippen LogP contribution is -2.35. The Labute approximate surface area is 138 Å². The number of carbonyl (C=O) groups excluding carboxylic acids is 1. The number of aromatic nitrogens is 1. The van der Waals surface area contributed by atoms with Crippen LogP contribution in [-0.2, 0) is 11.2 Å². The number of carboxylic acids is 1. The van der Waals surface area contributed by atoms with E-state index in [2.05, 4.69) is 0 Å². The molecule has 0 radical (unpaired) electrons. The van der Waals surface area contributed by atoms with Crippen molar-refractivity contribution in [2.24, 2.45) is 11.5 Å². The number of nitrogens with two attached hydrogens (primary N) is 2. The van der Waals surface area contributed by atoms with Gasteiger partial charge in [-0.05, 0) is 30.1 Å². The minimum atomic E-state index is -1.06. The fourth-order valence-electron chi connectivity index (χ4n) is 2.47. The van der Waals surface area contributed by atoms with E-state index in [0.717, 1.165) is 22.2 Å². The van der Waals surface area contributed by atoms with Crippen molar-refractivity contribution in [3.05, 3.63) is 36.0 Å². The van der Waals surface area contributed by atoms with Gasteiger partial charge in [-0.3, -0.25) is 14.2 Å². The Morgan fingerprint density at radius 3 is 2.61 bits per heavy atom. The van der Waals surface area contributed by atoms with Crippen molar-refractivity contribution in [2.75, 3.05) is 12.0 Å². The van der Waals surface area contributed by atoms with Crippen molar-refractivity contribution < 1.29 is 14.7 Å². The van der Waals surface area contributed by atoms with Crippen LogP contribution in [0.4, 0.5) is 0 Å². The first-order valence-corrected chi connectivity index (χ1v) is 8.71. The maximum atomic E-state index is 12.6. The zero-order valence-corrected chi connectivity index (χ0v) is 13.8. The molecule has 0 aliphatic heterocycles. The summed E-state index contributed by atoms with van der Waals surface area (Å²) in [4.78, 5) is 23.6. The highest BCUT2D eigenvalue weighted by molar-refractivity contribution is 7.98. The maximum absolute atomic E-state index is 12.6. The van der Waals surface area contributed by atoms with E-state index in [1.54, 1.807) is 18.0 Å². The largest absolute Gasteiger partial charge is 0.480 e. The first-order valence-electron chi connectivity index (χ1n) is 7.31. The van der Waals surface area contributed by atoms with Gasteiger partial charge in [0, 0.05) is 18.0 Å². The van der Waals surface area contributed by atoms with Crippen molar-refractivity contribution in [1.82, 2.24) is 4.57 Å². The molecule has 2 rings (SSSR count). The number of carboxylic acid groups (broad SMARTS) is 1. The summed E-state index contributed by atoms with van der Waals surface area (Å²) >= 11 is 1.64. The van der Waals surface area contributed by atoms with Crippen LogP contribution in [-0.4, -0.2) is 45.6 Å². The van der Waals surface area contributed by atoms with E-state index in [1.807, 2.05) is 30.5 Å². The van der Waals surface area contributed by atoms with Crippen LogP contribution in [0.5, 0.6) is 0 Å². The van der Waals surface area contributed by atoms with E-state index in [1.165, 1.54) is 4.57 Å². The third-order valence-electron chi connectivity index (χ3n) is 3.74. The van der Waals surface area contributed by atoms with Crippen molar-refractivity contribution >= 4 is 34.5 Å². The summed E-state index contributed by atoms with van der Waals surface area (Å²) in [5.74, 6) is -0.446. The van der Waals surface area contributed by atoms with E-state index < -0.39 is 18.1 Å². The van der Waals surface area contributed by atoms with Gasteiger partial charge >= 0.3 is 5.97 Å². The normalized spacial score (nSPS) is 13.9. The maximum Gasteiger partial charge on any atom is 0.320 e. The number of thioether (sulfide) groups is 1. The third-order valence-corrected chi connectivity index (χ3v) is 4.38. The minimum absolute atomic E-state index is 0.163. The molecule has 0 saturated carbocycles. The van der Waals surface area contributed by atoms with E-state index in [4.69, 9.17) is 16.6 Å². The molecule has 0 aliphatic rings. The number of aliphatic carboxylic acids is 1. The molecule has 0 amide bonds. The van der Waals surface area contributed by atoms with Crippen molar-refractivity contribution in [3.63, 3.8) is 0 Å². The fourth-order valence-corrected chi connectivity index (χ4v) is 2.96. The van der Waals surface area contributed by atoms with Crippen LogP contribution in [0.1, 0.15) is 16.8 Å². The van der Waals surface area contributed by atoms with Gasteiger partial charge in [0.1, 0.15) is 6.04 Å². The van der Waals surface area contributed by atoms with Gasteiger partial charge < -0.3 is 16.6 Å². The van der Waals surface area contributed by atoms with Gasteiger partial charge in [0.05, 0.1) is 11.6 Å². The van der Waals surface area contributed by atoms with Crippen LogP contribution in [0.25, 0.3) is 10.9 Å². The standard InChI is InChI=1S/C16H21N3O3S/c1-23-7-6-12(17)15(20)19-9-10(8-13(18)16(21)22)11-4-2-3-5-14(11)19/h2-5,9,12-13H,6-8,17-18H2,1H3,(H,21,22)/t12-,13-/m0/s1. The lowest BCUT2D eigenvalue weighted by atomic mass is 10.1. The van der Waals surface area contributed by atoms with Crippen LogP contribution in [0.2, 0.25) is 0 Å². The van der Waals surface area contributed by atoms with Gasteiger partial charge in [0.2, 0.25) is 5.91 Å². The number of nitrogens with zero attached hydrogens (tertiary/aromatic N) is 1. The fraction of sp³-hybridized carbons (Fsp3) is 0.375. The number of fused-ring (bicyclic) bond motifs is 1. The predicted molar refractivity (Wildman–Crippen MR) is 92.9 cm³/mol. The zero-order chi connectivity index (χ0) is 17.0. The van der Waals surface area contributed by atoms with Gasteiger partial charge in [-0.1, -0.05) is 18.2 Å². The molecule has 0 aliphatic carbocycles. The van der Waals surface area contributed by atoms with Gasteiger partial charge in [-0.25, -0.2) is 0 Å². The van der Waals surface area contributed by atoms with Crippen molar-refractivity contribution in [3.8, 4) is 0 Å². The molecule has 0 bridgehead atoms. The number of para-hydroxylation sites is 1. The van der Waals surface area contributed by atoms with E-state index in [0.29, 0.717) is 6.42 Å². The highest BCUT2D eigenvalue weighted by Gasteiger charge is 2.21. The summed E-state index contributed by atoms with van der Waals surface area (Å²) in [5, 5.41) is 9.82. The van der Waals surface area contributed by atoms with Crippen LogP contribution in [0, 0.1) is 0 Å². The third kappa shape index (κ3) is 3.93. The Morgan fingerprint density at radius 2 is 1.96 bits per heavy atom.